The number of hydrogen-bond acceptors (Lipinski definition) is 3. The fourth-order valence-electron chi connectivity index (χ4n) is 1.20. The molecular formula is C11H15NO3. The maximum atomic E-state index is 10.6. The van der Waals surface area contributed by atoms with Gasteiger partial charge in [-0.3, -0.25) is 0 Å². The Morgan fingerprint density at radius 1 is 1.20 bits per heavy atom. The molecule has 0 bridgehead atoms. The molecule has 1 aromatic carbocycles. The second kappa shape index (κ2) is 6.03. The molecule has 4 nitrogen and oxygen atoms in total. The molecule has 0 aliphatic carbocycles. The molecule has 0 aromatic heterocycles. The SMILES string of the molecule is O=C(O)c1ccc(NCCCCO)cc1. The van der Waals surface area contributed by atoms with Crippen LogP contribution >= 0.6 is 0 Å². The highest BCUT2D eigenvalue weighted by Gasteiger charge is 2.00. The lowest BCUT2D eigenvalue weighted by molar-refractivity contribution is 0.0697. The van der Waals surface area contributed by atoms with Crippen LogP contribution < -0.4 is 5.32 Å². The highest BCUT2D eigenvalue weighted by atomic mass is 16.4. The van der Waals surface area contributed by atoms with Gasteiger partial charge in [0.2, 0.25) is 0 Å². The van der Waals surface area contributed by atoms with E-state index in [0.717, 1.165) is 25.1 Å². The molecule has 0 unspecified atom stereocenters. The summed E-state index contributed by atoms with van der Waals surface area (Å²) >= 11 is 0. The number of carboxylic acid groups (broad SMARTS) is 1. The predicted octanol–water partition coefficient (Wildman–Crippen LogP) is 1.57. The molecule has 0 atom stereocenters. The minimum atomic E-state index is -0.915. The van der Waals surface area contributed by atoms with Gasteiger partial charge < -0.3 is 15.5 Å². The molecule has 1 aromatic rings. The first-order valence-corrected chi connectivity index (χ1v) is 4.92. The third kappa shape index (κ3) is 3.99. The summed E-state index contributed by atoms with van der Waals surface area (Å²) in [5.74, 6) is -0.915. The van der Waals surface area contributed by atoms with E-state index in [2.05, 4.69) is 5.32 Å². The number of carbonyl (C=O) groups is 1. The van der Waals surface area contributed by atoms with Crippen molar-refractivity contribution >= 4 is 11.7 Å². The number of rotatable bonds is 6. The van der Waals surface area contributed by atoms with E-state index in [9.17, 15) is 4.79 Å². The number of aromatic carboxylic acids is 1. The number of nitrogens with one attached hydrogen (secondary N) is 1. The average Bonchev–Trinajstić information content (AvgIpc) is 2.25. The van der Waals surface area contributed by atoms with Crippen LogP contribution in [0.5, 0.6) is 0 Å². The Hall–Kier alpha value is -1.55. The van der Waals surface area contributed by atoms with E-state index >= 15 is 0 Å². The number of aliphatic hydroxyl groups is 1. The summed E-state index contributed by atoms with van der Waals surface area (Å²) in [4.78, 5) is 10.6. The van der Waals surface area contributed by atoms with Gasteiger partial charge in [0.1, 0.15) is 0 Å². The molecule has 0 fully saturated rings. The van der Waals surface area contributed by atoms with Crippen molar-refractivity contribution in [3.63, 3.8) is 0 Å². The minimum Gasteiger partial charge on any atom is -0.478 e. The summed E-state index contributed by atoms with van der Waals surface area (Å²) < 4.78 is 0. The van der Waals surface area contributed by atoms with Gasteiger partial charge in [-0.2, -0.15) is 0 Å². The fourth-order valence-corrected chi connectivity index (χ4v) is 1.20. The molecule has 3 N–H and O–H groups in total. The van der Waals surface area contributed by atoms with E-state index in [0.29, 0.717) is 0 Å². The monoisotopic (exact) mass is 209 g/mol. The van der Waals surface area contributed by atoms with Gasteiger partial charge in [0.05, 0.1) is 5.56 Å². The molecular weight excluding hydrogens is 194 g/mol. The highest BCUT2D eigenvalue weighted by molar-refractivity contribution is 5.87. The minimum absolute atomic E-state index is 0.208. The van der Waals surface area contributed by atoms with Crippen LogP contribution in [-0.4, -0.2) is 29.3 Å². The van der Waals surface area contributed by atoms with Gasteiger partial charge in [-0.25, -0.2) is 4.79 Å². The first-order valence-electron chi connectivity index (χ1n) is 4.92. The highest BCUT2D eigenvalue weighted by Crippen LogP contribution is 2.09. The molecule has 0 spiro atoms. The van der Waals surface area contributed by atoms with Gasteiger partial charge in [-0.05, 0) is 37.1 Å². The fraction of sp³-hybridized carbons (Fsp3) is 0.364. The largest absolute Gasteiger partial charge is 0.478 e. The standard InChI is InChI=1S/C11H15NO3/c13-8-2-1-7-12-10-5-3-9(4-6-10)11(14)15/h3-6,12-13H,1-2,7-8H2,(H,14,15). The zero-order valence-electron chi connectivity index (χ0n) is 8.44. The third-order valence-corrected chi connectivity index (χ3v) is 2.05. The number of hydrogen-bond donors (Lipinski definition) is 3. The molecule has 15 heavy (non-hydrogen) atoms. The topological polar surface area (TPSA) is 69.6 Å². The summed E-state index contributed by atoms with van der Waals surface area (Å²) in [6.07, 6.45) is 1.68. The van der Waals surface area contributed by atoms with Crippen LogP contribution in [0.1, 0.15) is 23.2 Å². The summed E-state index contributed by atoms with van der Waals surface area (Å²) in [6.45, 7) is 0.993. The lowest BCUT2D eigenvalue weighted by atomic mass is 10.2. The number of unbranched alkanes of at least 4 members (excludes halogenated alkanes) is 1. The Bertz CT molecular complexity index is 308. The van der Waals surface area contributed by atoms with Crippen molar-refractivity contribution in [2.45, 2.75) is 12.8 Å². The summed E-state index contributed by atoms with van der Waals surface area (Å²) in [6, 6.07) is 6.61. The second-order valence-electron chi connectivity index (χ2n) is 3.24. The van der Waals surface area contributed by atoms with E-state index in [1.165, 1.54) is 0 Å². The molecule has 0 heterocycles. The van der Waals surface area contributed by atoms with Crippen molar-refractivity contribution in [3.05, 3.63) is 29.8 Å². The molecule has 0 radical (unpaired) electrons. The Labute approximate surface area is 88.6 Å². The van der Waals surface area contributed by atoms with E-state index in [4.69, 9.17) is 10.2 Å². The van der Waals surface area contributed by atoms with Crippen molar-refractivity contribution in [1.82, 2.24) is 0 Å². The van der Waals surface area contributed by atoms with Crippen LogP contribution in [-0.2, 0) is 0 Å². The van der Waals surface area contributed by atoms with E-state index in [1.54, 1.807) is 24.3 Å². The second-order valence-corrected chi connectivity index (χ2v) is 3.24. The Balaban J connectivity index is 2.39. The maximum absolute atomic E-state index is 10.6. The third-order valence-electron chi connectivity index (χ3n) is 2.05. The molecule has 0 saturated heterocycles. The number of aliphatic hydroxyl groups excluding tert-OH is 1. The zero-order valence-corrected chi connectivity index (χ0v) is 8.44. The van der Waals surface area contributed by atoms with Gasteiger partial charge in [0.15, 0.2) is 0 Å². The maximum Gasteiger partial charge on any atom is 0.335 e. The molecule has 82 valence electrons. The lowest BCUT2D eigenvalue weighted by Crippen LogP contribution is -2.03. The van der Waals surface area contributed by atoms with Crippen LogP contribution in [0, 0.1) is 0 Å². The molecule has 0 amide bonds. The van der Waals surface area contributed by atoms with Crippen molar-refractivity contribution < 1.29 is 15.0 Å². The van der Waals surface area contributed by atoms with Crippen molar-refractivity contribution in [2.75, 3.05) is 18.5 Å². The summed E-state index contributed by atoms with van der Waals surface area (Å²) in [7, 11) is 0. The Kier molecular flexibility index (Phi) is 4.63. The van der Waals surface area contributed by atoms with Crippen molar-refractivity contribution in [3.8, 4) is 0 Å². The first-order chi connectivity index (χ1) is 7.24. The van der Waals surface area contributed by atoms with Gasteiger partial charge in [-0.15, -0.1) is 0 Å². The number of anilines is 1. The van der Waals surface area contributed by atoms with E-state index < -0.39 is 5.97 Å². The molecule has 0 saturated carbocycles. The molecule has 1 rings (SSSR count). The normalized spacial score (nSPS) is 9.93. The van der Waals surface area contributed by atoms with Crippen molar-refractivity contribution in [2.24, 2.45) is 0 Å². The Morgan fingerprint density at radius 2 is 1.87 bits per heavy atom. The van der Waals surface area contributed by atoms with Crippen molar-refractivity contribution in [1.29, 1.82) is 0 Å². The van der Waals surface area contributed by atoms with Crippen LogP contribution in [0.2, 0.25) is 0 Å². The van der Waals surface area contributed by atoms with Gasteiger partial charge in [0.25, 0.3) is 0 Å². The zero-order chi connectivity index (χ0) is 11.1. The quantitative estimate of drug-likeness (QED) is 0.622. The van der Waals surface area contributed by atoms with Crippen LogP contribution in [0.25, 0.3) is 0 Å². The first kappa shape index (κ1) is 11.5. The number of carboxylic acids is 1. The van der Waals surface area contributed by atoms with Crippen LogP contribution in [0.15, 0.2) is 24.3 Å². The predicted molar refractivity (Wildman–Crippen MR) is 58.2 cm³/mol. The Morgan fingerprint density at radius 3 is 2.40 bits per heavy atom. The smallest absolute Gasteiger partial charge is 0.335 e. The molecule has 0 aliphatic rings. The summed E-state index contributed by atoms with van der Waals surface area (Å²) in [5, 5.41) is 20.4. The van der Waals surface area contributed by atoms with E-state index in [-0.39, 0.29) is 12.2 Å². The molecule has 4 heteroatoms. The number of benzene rings is 1. The van der Waals surface area contributed by atoms with E-state index in [1.807, 2.05) is 0 Å². The van der Waals surface area contributed by atoms with Crippen LogP contribution in [0.3, 0.4) is 0 Å². The summed E-state index contributed by atoms with van der Waals surface area (Å²) in [5.41, 5.74) is 1.19. The lowest BCUT2D eigenvalue weighted by Gasteiger charge is -2.05. The average molecular weight is 209 g/mol. The van der Waals surface area contributed by atoms with Gasteiger partial charge in [-0.1, -0.05) is 0 Å². The van der Waals surface area contributed by atoms with Gasteiger partial charge >= 0.3 is 5.97 Å². The van der Waals surface area contributed by atoms with Gasteiger partial charge in [0, 0.05) is 18.8 Å². The molecule has 0 aliphatic heterocycles. The van der Waals surface area contributed by atoms with Crippen LogP contribution in [0.4, 0.5) is 5.69 Å².